The Morgan fingerprint density at radius 2 is 2.00 bits per heavy atom. The Labute approximate surface area is 48.0 Å². The van der Waals surface area contributed by atoms with Gasteiger partial charge in [-0.25, -0.2) is 4.79 Å². The van der Waals surface area contributed by atoms with Crippen LogP contribution >= 0.6 is 0 Å². The first-order valence-corrected chi connectivity index (χ1v) is 1.87. The normalized spacial score (nSPS) is 11.1. The van der Waals surface area contributed by atoms with Crippen LogP contribution in [0.2, 0.25) is 0 Å². The van der Waals surface area contributed by atoms with E-state index in [0.29, 0.717) is 0 Å². The maximum atomic E-state index is 11.1. The summed E-state index contributed by atoms with van der Waals surface area (Å²) in [6.45, 7) is -1.00. The third-order valence-corrected chi connectivity index (χ3v) is 0.435. The summed E-state index contributed by atoms with van der Waals surface area (Å²) < 4.78 is 36.5. The number of ether oxygens (including phenoxy) is 1. The lowest BCUT2D eigenvalue weighted by Gasteiger charge is -2.00. The Morgan fingerprint density at radius 1 is 1.56 bits per heavy atom. The molecule has 0 radical (unpaired) electrons. The molecule has 0 aliphatic rings. The maximum absolute atomic E-state index is 11.1. The zero-order valence-electron chi connectivity index (χ0n) is 4.16. The smallest absolute Gasteiger partial charge is 0.414 e. The molecule has 0 saturated heterocycles. The number of carbonyl (C=O) groups is 1. The van der Waals surface area contributed by atoms with Gasteiger partial charge in [0.15, 0.2) is 0 Å². The Bertz CT molecular complexity index is 107. The number of rotatable bonds is 1. The number of hydrogen-bond donors (Lipinski definition) is 0. The van der Waals surface area contributed by atoms with Crippen LogP contribution in [0.5, 0.6) is 0 Å². The average Bonchev–Trinajstić information content (AvgIpc) is 1.64. The van der Waals surface area contributed by atoms with Crippen molar-refractivity contribution in [1.82, 2.24) is 0 Å². The van der Waals surface area contributed by atoms with Gasteiger partial charge in [-0.3, -0.25) is 0 Å². The van der Waals surface area contributed by atoms with Crippen LogP contribution < -0.4 is 0 Å². The summed E-state index contributed by atoms with van der Waals surface area (Å²) in [5, 5.41) is 6.07. The van der Waals surface area contributed by atoms with E-state index in [1.54, 1.807) is 0 Å². The summed E-state index contributed by atoms with van der Waals surface area (Å²) in [4.78, 5) is 9.60. The van der Waals surface area contributed by atoms with E-state index in [9.17, 15) is 18.0 Å². The molecule has 2 N–H and O–H groups in total. The topological polar surface area (TPSA) is 49.2 Å². The number of esters is 1. The molecule has 6 heteroatoms. The summed E-state index contributed by atoms with van der Waals surface area (Å²) in [6, 6.07) is 0. The van der Waals surface area contributed by atoms with E-state index in [0.717, 1.165) is 0 Å². The van der Waals surface area contributed by atoms with E-state index in [4.69, 9.17) is 5.11 Å². The number of carbonyl (C=O) groups excluding carboxylic acids is 1. The van der Waals surface area contributed by atoms with Gasteiger partial charge in [0.1, 0.15) is 0 Å². The second-order valence-electron chi connectivity index (χ2n) is 1.07. The van der Waals surface area contributed by atoms with Crippen LogP contribution in [0.4, 0.5) is 13.2 Å². The van der Waals surface area contributed by atoms with Gasteiger partial charge in [-0.15, -0.1) is 0 Å². The predicted molar refractivity (Wildman–Crippen MR) is 20.6 cm³/mol. The molecule has 3 nitrogen and oxygen atoms in total. The molecule has 0 atom stereocenters. The minimum Gasteiger partial charge on any atom is -0.414 e. The third-order valence-electron chi connectivity index (χ3n) is 0.435. The maximum Gasteiger partial charge on any atom is 0.491 e. The zero-order chi connectivity index (χ0) is 7.49. The standard InChI is InChI=1S/C3H3F3O3/c4-3(5,6)2(8)9-1-7/h7H,1H2/p+1. The van der Waals surface area contributed by atoms with Crippen molar-refractivity contribution >= 4 is 5.97 Å². The van der Waals surface area contributed by atoms with Gasteiger partial charge in [0.2, 0.25) is 0 Å². The number of halogens is 3. The fourth-order valence-electron chi connectivity index (χ4n) is 0.147. The molecule has 54 valence electrons. The van der Waals surface area contributed by atoms with Crippen LogP contribution in [0, 0.1) is 0 Å². The molecular formula is C3H4F3O3+. The van der Waals surface area contributed by atoms with Gasteiger partial charge in [0, 0.05) is 0 Å². The largest absolute Gasteiger partial charge is 0.491 e. The van der Waals surface area contributed by atoms with Crippen LogP contribution in [-0.4, -0.2) is 24.0 Å². The van der Waals surface area contributed by atoms with E-state index in [1.807, 2.05) is 0 Å². The molecule has 0 aliphatic heterocycles. The Kier molecular flexibility index (Phi) is 2.44. The minimum atomic E-state index is -4.97. The van der Waals surface area contributed by atoms with Crippen LogP contribution in [0.15, 0.2) is 0 Å². The summed E-state index contributed by atoms with van der Waals surface area (Å²) in [5.74, 6) is -2.32. The van der Waals surface area contributed by atoms with Crippen LogP contribution in [0.1, 0.15) is 0 Å². The molecule has 0 aromatic heterocycles. The average molecular weight is 145 g/mol. The van der Waals surface area contributed by atoms with Crippen molar-refractivity contribution in [1.29, 1.82) is 0 Å². The molecule has 0 aliphatic carbocycles. The van der Waals surface area contributed by atoms with Gasteiger partial charge in [0.25, 0.3) is 6.79 Å². The second-order valence-corrected chi connectivity index (χ2v) is 1.07. The quantitative estimate of drug-likeness (QED) is 0.291. The van der Waals surface area contributed by atoms with Gasteiger partial charge < -0.3 is 9.84 Å². The molecule has 0 fully saturated rings. The molecule has 0 amide bonds. The predicted octanol–water partition coefficient (Wildman–Crippen LogP) is -0.226. The summed E-state index contributed by atoms with van der Waals surface area (Å²) >= 11 is 0. The number of hydrogen-bond acceptors (Lipinski definition) is 2. The van der Waals surface area contributed by atoms with Crippen molar-refractivity contribution in [3.05, 3.63) is 0 Å². The molecular weight excluding hydrogens is 141 g/mol. The van der Waals surface area contributed by atoms with Crippen LogP contribution in [0.3, 0.4) is 0 Å². The van der Waals surface area contributed by atoms with Crippen LogP contribution in [0.25, 0.3) is 0 Å². The summed E-state index contributed by atoms with van der Waals surface area (Å²) in [7, 11) is 0. The molecule has 0 saturated carbocycles. The second kappa shape index (κ2) is 2.67. The van der Waals surface area contributed by atoms with Crippen molar-refractivity contribution in [2.75, 3.05) is 6.79 Å². The first kappa shape index (κ1) is 8.22. The highest BCUT2D eigenvalue weighted by atomic mass is 19.4. The van der Waals surface area contributed by atoms with Crippen LogP contribution in [-0.2, 0) is 9.53 Å². The highest BCUT2D eigenvalue weighted by Gasteiger charge is 2.41. The van der Waals surface area contributed by atoms with E-state index >= 15 is 0 Å². The molecule has 0 rings (SSSR count). The fraction of sp³-hybridized carbons (Fsp3) is 0.667. The monoisotopic (exact) mass is 145 g/mol. The van der Waals surface area contributed by atoms with Gasteiger partial charge in [-0.1, -0.05) is 0 Å². The lowest BCUT2D eigenvalue weighted by atomic mass is 10.7. The first-order valence-electron chi connectivity index (χ1n) is 1.87. The van der Waals surface area contributed by atoms with E-state index in [2.05, 4.69) is 4.74 Å². The Balaban J connectivity index is 3.74. The van der Waals surface area contributed by atoms with Gasteiger partial charge in [0.05, 0.1) is 0 Å². The Hall–Kier alpha value is -0.780. The lowest BCUT2D eigenvalue weighted by molar-refractivity contribution is -0.206. The molecule has 0 heterocycles. The van der Waals surface area contributed by atoms with Crippen molar-refractivity contribution in [3.8, 4) is 0 Å². The lowest BCUT2D eigenvalue weighted by Crippen LogP contribution is -2.25. The van der Waals surface area contributed by atoms with Crippen molar-refractivity contribution in [3.63, 3.8) is 0 Å². The number of alkyl halides is 3. The Morgan fingerprint density at radius 3 is 2.11 bits per heavy atom. The fourth-order valence-corrected chi connectivity index (χ4v) is 0.147. The molecule has 0 aromatic rings. The van der Waals surface area contributed by atoms with Crippen molar-refractivity contribution < 1.29 is 27.8 Å². The SMILES string of the molecule is O=C(OC[OH2+])C(F)(F)F. The van der Waals surface area contributed by atoms with E-state index in [-0.39, 0.29) is 0 Å². The van der Waals surface area contributed by atoms with Gasteiger partial charge in [-0.05, 0) is 0 Å². The van der Waals surface area contributed by atoms with Gasteiger partial charge >= 0.3 is 12.1 Å². The summed E-state index contributed by atoms with van der Waals surface area (Å²) in [5.41, 5.74) is 0. The molecule has 9 heavy (non-hydrogen) atoms. The zero-order valence-corrected chi connectivity index (χ0v) is 4.16. The molecule has 0 bridgehead atoms. The third kappa shape index (κ3) is 2.91. The van der Waals surface area contributed by atoms with Crippen molar-refractivity contribution in [2.45, 2.75) is 6.18 Å². The molecule has 0 unspecified atom stereocenters. The summed E-state index contributed by atoms with van der Waals surface area (Å²) in [6.07, 6.45) is -4.97. The molecule has 0 aromatic carbocycles. The highest BCUT2D eigenvalue weighted by molar-refractivity contribution is 5.75. The van der Waals surface area contributed by atoms with E-state index in [1.165, 1.54) is 0 Å². The first-order chi connectivity index (χ1) is 3.98. The van der Waals surface area contributed by atoms with Gasteiger partial charge in [-0.2, -0.15) is 13.2 Å². The highest BCUT2D eigenvalue weighted by Crippen LogP contribution is 2.15. The van der Waals surface area contributed by atoms with E-state index < -0.39 is 18.9 Å². The minimum absolute atomic E-state index is 1.00. The van der Waals surface area contributed by atoms with Crippen molar-refractivity contribution in [2.24, 2.45) is 0 Å². The molecule has 0 spiro atoms.